The molecule has 0 amide bonds. The van der Waals surface area contributed by atoms with Gasteiger partial charge in [-0.25, -0.2) is 0 Å². The zero-order valence-electron chi connectivity index (χ0n) is 16.5. The van der Waals surface area contributed by atoms with E-state index in [1.165, 1.54) is 0 Å². The molecule has 3 aliphatic rings. The molecule has 0 N–H and O–H groups in total. The van der Waals surface area contributed by atoms with Crippen molar-refractivity contribution in [3.8, 4) is 5.75 Å². The lowest BCUT2D eigenvalue weighted by atomic mass is 10.1. The Morgan fingerprint density at radius 1 is 0.926 bits per heavy atom. The fraction of sp³-hybridized carbons (Fsp3) is 0.700. The first-order valence-electron chi connectivity index (χ1n) is 9.34. The van der Waals surface area contributed by atoms with Crippen molar-refractivity contribution in [3.63, 3.8) is 0 Å². The lowest BCUT2D eigenvalue weighted by Gasteiger charge is -2.27. The molecule has 1 aromatic rings. The molecule has 4 rings (SSSR count). The van der Waals surface area contributed by atoms with Crippen LogP contribution in [0.5, 0.6) is 5.75 Å². The maximum atomic E-state index is 6.16. The summed E-state index contributed by atoms with van der Waals surface area (Å²) in [4.78, 5) is 0. The Hall–Kier alpha value is -1.22. The molecule has 1 aromatic carbocycles. The predicted octanol–water partition coefficient (Wildman–Crippen LogP) is 2.61. The summed E-state index contributed by atoms with van der Waals surface area (Å²) in [6.45, 7) is 8.45. The molecule has 27 heavy (non-hydrogen) atoms. The van der Waals surface area contributed by atoms with Crippen LogP contribution in [0.2, 0.25) is 0 Å². The molecule has 3 aliphatic heterocycles. The zero-order chi connectivity index (χ0) is 19.2. The molecule has 7 nitrogen and oxygen atoms in total. The van der Waals surface area contributed by atoms with E-state index in [9.17, 15) is 0 Å². The van der Waals surface area contributed by atoms with E-state index < -0.39 is 17.9 Å². The molecule has 3 saturated heterocycles. The minimum Gasteiger partial charge on any atom is -0.497 e. The van der Waals surface area contributed by atoms with Crippen LogP contribution in [0, 0.1) is 0 Å². The van der Waals surface area contributed by atoms with Gasteiger partial charge in [0.15, 0.2) is 17.9 Å². The molecule has 0 radical (unpaired) electrons. The third kappa shape index (κ3) is 3.99. The number of hydrogen-bond donors (Lipinski definition) is 0. The highest BCUT2D eigenvalue weighted by molar-refractivity contribution is 5.26. The Labute approximate surface area is 159 Å². The lowest BCUT2D eigenvalue weighted by molar-refractivity contribution is -0.250. The van der Waals surface area contributed by atoms with Crippen LogP contribution in [0.15, 0.2) is 24.3 Å². The van der Waals surface area contributed by atoms with E-state index in [1.807, 2.05) is 52.0 Å². The highest BCUT2D eigenvalue weighted by Crippen LogP contribution is 2.42. The molecular formula is C20H28O7. The predicted molar refractivity (Wildman–Crippen MR) is 95.2 cm³/mol. The molecule has 0 bridgehead atoms. The van der Waals surface area contributed by atoms with E-state index in [4.69, 9.17) is 33.2 Å². The van der Waals surface area contributed by atoms with E-state index in [1.54, 1.807) is 7.11 Å². The molecule has 0 unspecified atom stereocenters. The lowest BCUT2D eigenvalue weighted by Crippen LogP contribution is -2.40. The van der Waals surface area contributed by atoms with Gasteiger partial charge in [-0.2, -0.15) is 0 Å². The van der Waals surface area contributed by atoms with Crippen molar-refractivity contribution >= 4 is 0 Å². The summed E-state index contributed by atoms with van der Waals surface area (Å²) in [6, 6.07) is 7.75. The molecule has 0 saturated carbocycles. The van der Waals surface area contributed by atoms with Gasteiger partial charge in [0.2, 0.25) is 0 Å². The smallest absolute Gasteiger partial charge is 0.187 e. The van der Waals surface area contributed by atoms with Gasteiger partial charge in [-0.3, -0.25) is 0 Å². The summed E-state index contributed by atoms with van der Waals surface area (Å²) in [7, 11) is 1.65. The van der Waals surface area contributed by atoms with E-state index in [0.29, 0.717) is 13.2 Å². The van der Waals surface area contributed by atoms with Crippen molar-refractivity contribution in [2.45, 2.75) is 76.6 Å². The van der Waals surface area contributed by atoms with Gasteiger partial charge in [0.25, 0.3) is 0 Å². The number of rotatable bonds is 5. The highest BCUT2D eigenvalue weighted by atomic mass is 16.8. The molecule has 7 heteroatoms. The van der Waals surface area contributed by atoms with Crippen LogP contribution in [-0.2, 0) is 35.0 Å². The van der Waals surface area contributed by atoms with Gasteiger partial charge in [-0.05, 0) is 45.4 Å². The average molecular weight is 380 g/mol. The maximum Gasteiger partial charge on any atom is 0.187 e. The number of ether oxygens (including phenoxy) is 7. The Morgan fingerprint density at radius 2 is 1.63 bits per heavy atom. The third-order valence-corrected chi connectivity index (χ3v) is 5.02. The summed E-state index contributed by atoms with van der Waals surface area (Å²) in [5, 5.41) is 0. The minimum atomic E-state index is -0.686. The quantitative estimate of drug-likeness (QED) is 0.778. The van der Waals surface area contributed by atoms with Gasteiger partial charge in [-0.1, -0.05) is 12.1 Å². The minimum absolute atomic E-state index is 0.223. The molecule has 0 aromatic heterocycles. The molecule has 5 atom stereocenters. The third-order valence-electron chi connectivity index (χ3n) is 5.02. The fourth-order valence-electron chi connectivity index (χ4n) is 3.80. The Balaban J connectivity index is 1.44. The monoisotopic (exact) mass is 380 g/mol. The molecular weight excluding hydrogens is 352 g/mol. The topological polar surface area (TPSA) is 64.6 Å². The van der Waals surface area contributed by atoms with Gasteiger partial charge in [0.1, 0.15) is 30.2 Å². The zero-order valence-corrected chi connectivity index (χ0v) is 16.5. The number of benzene rings is 1. The van der Waals surface area contributed by atoms with E-state index in [-0.39, 0.29) is 24.4 Å². The van der Waals surface area contributed by atoms with Crippen molar-refractivity contribution in [2.75, 3.05) is 13.7 Å². The SMILES string of the molecule is COc1ccc(CO[C@H]2O[C@H]([C@@H]3COC(C)(C)O3)[C@@H]3OC(C)(C)O[C@H]23)cc1. The van der Waals surface area contributed by atoms with Crippen molar-refractivity contribution < 1.29 is 33.2 Å². The van der Waals surface area contributed by atoms with E-state index >= 15 is 0 Å². The Bertz CT molecular complexity index is 657. The molecule has 3 heterocycles. The summed E-state index contributed by atoms with van der Waals surface area (Å²) in [5.74, 6) is -0.500. The number of hydrogen-bond acceptors (Lipinski definition) is 7. The van der Waals surface area contributed by atoms with Crippen molar-refractivity contribution in [1.82, 2.24) is 0 Å². The standard InChI is InChI=1S/C20H28O7/c1-19(2)23-11-14(25-19)15-16-17(27-20(3,4)26-16)18(24-15)22-10-12-6-8-13(21-5)9-7-12/h6-9,14-18H,10-11H2,1-5H3/t14-,15+,16-,17-,18-/m0/s1. The highest BCUT2D eigenvalue weighted by Gasteiger charge is 2.59. The van der Waals surface area contributed by atoms with Gasteiger partial charge in [-0.15, -0.1) is 0 Å². The van der Waals surface area contributed by atoms with Crippen LogP contribution in [0.3, 0.4) is 0 Å². The molecule has 0 spiro atoms. The van der Waals surface area contributed by atoms with E-state index in [0.717, 1.165) is 11.3 Å². The Morgan fingerprint density at radius 3 is 2.26 bits per heavy atom. The fourth-order valence-corrected chi connectivity index (χ4v) is 3.80. The second-order valence-electron chi connectivity index (χ2n) is 8.06. The van der Waals surface area contributed by atoms with Crippen LogP contribution >= 0.6 is 0 Å². The van der Waals surface area contributed by atoms with Crippen LogP contribution in [0.4, 0.5) is 0 Å². The van der Waals surface area contributed by atoms with Crippen LogP contribution in [0.25, 0.3) is 0 Å². The van der Waals surface area contributed by atoms with Gasteiger partial charge in [0, 0.05) is 0 Å². The van der Waals surface area contributed by atoms with Crippen molar-refractivity contribution in [1.29, 1.82) is 0 Å². The summed E-state index contributed by atoms with van der Waals surface area (Å²) in [5.41, 5.74) is 1.03. The van der Waals surface area contributed by atoms with Crippen LogP contribution < -0.4 is 4.74 Å². The second-order valence-corrected chi connectivity index (χ2v) is 8.06. The second kappa shape index (κ2) is 6.99. The van der Waals surface area contributed by atoms with Gasteiger partial charge >= 0.3 is 0 Å². The largest absolute Gasteiger partial charge is 0.497 e. The van der Waals surface area contributed by atoms with Gasteiger partial charge < -0.3 is 33.2 Å². The van der Waals surface area contributed by atoms with Crippen molar-refractivity contribution in [3.05, 3.63) is 29.8 Å². The molecule has 3 fully saturated rings. The summed E-state index contributed by atoms with van der Waals surface area (Å²) < 4.78 is 41.3. The van der Waals surface area contributed by atoms with Crippen LogP contribution in [0.1, 0.15) is 33.3 Å². The molecule has 0 aliphatic carbocycles. The average Bonchev–Trinajstić information content (AvgIpc) is 3.23. The first-order chi connectivity index (χ1) is 12.8. The summed E-state index contributed by atoms with van der Waals surface area (Å²) >= 11 is 0. The Kier molecular flexibility index (Phi) is 4.95. The normalized spacial score (nSPS) is 36.7. The van der Waals surface area contributed by atoms with Crippen LogP contribution in [-0.4, -0.2) is 56.0 Å². The van der Waals surface area contributed by atoms with Gasteiger partial charge in [0.05, 0.1) is 20.3 Å². The summed E-state index contributed by atoms with van der Waals surface area (Å²) in [6.07, 6.45) is -1.63. The first-order valence-corrected chi connectivity index (χ1v) is 9.34. The molecule has 150 valence electrons. The van der Waals surface area contributed by atoms with E-state index in [2.05, 4.69) is 0 Å². The number of methoxy groups -OCH3 is 1. The van der Waals surface area contributed by atoms with Crippen molar-refractivity contribution in [2.24, 2.45) is 0 Å². The first kappa shape index (κ1) is 19.1. The number of fused-ring (bicyclic) bond motifs is 1. The maximum absolute atomic E-state index is 6.16.